The van der Waals surface area contributed by atoms with Gasteiger partial charge in [0.25, 0.3) is 0 Å². The number of hydrogen-bond acceptors (Lipinski definition) is 5. The molecule has 0 saturated carbocycles. The summed E-state index contributed by atoms with van der Waals surface area (Å²) >= 11 is 1.66. The minimum absolute atomic E-state index is 0.236. The first kappa shape index (κ1) is 15.3. The lowest BCUT2D eigenvalue weighted by Gasteiger charge is -2.13. The van der Waals surface area contributed by atoms with E-state index in [-0.39, 0.29) is 12.1 Å². The molecule has 8 heteroatoms. The van der Waals surface area contributed by atoms with Crippen LogP contribution in [0.15, 0.2) is 29.7 Å². The number of rotatable bonds is 5. The zero-order chi connectivity index (χ0) is 15.2. The SMILES string of the molecule is CCSc1ccc(NC(=O)N[C@H](C)c2nncn2C)cn1. The lowest BCUT2D eigenvalue weighted by atomic mass is 10.3. The van der Waals surface area contributed by atoms with Crippen LogP contribution in [0.25, 0.3) is 0 Å². The fraction of sp³-hybridized carbons (Fsp3) is 0.385. The zero-order valence-corrected chi connectivity index (χ0v) is 13.0. The Morgan fingerprint density at radius 1 is 1.48 bits per heavy atom. The van der Waals surface area contributed by atoms with E-state index in [2.05, 4.69) is 32.7 Å². The van der Waals surface area contributed by atoms with Gasteiger partial charge in [0.1, 0.15) is 6.33 Å². The molecule has 0 saturated heterocycles. The molecule has 0 spiro atoms. The van der Waals surface area contributed by atoms with E-state index in [1.807, 2.05) is 26.1 Å². The fourth-order valence-corrected chi connectivity index (χ4v) is 2.39. The number of aryl methyl sites for hydroxylation is 1. The van der Waals surface area contributed by atoms with Crippen molar-refractivity contribution in [3.05, 3.63) is 30.5 Å². The van der Waals surface area contributed by atoms with Gasteiger partial charge in [0.15, 0.2) is 5.82 Å². The maximum Gasteiger partial charge on any atom is 0.319 e. The number of urea groups is 1. The molecule has 2 aromatic rings. The van der Waals surface area contributed by atoms with Crippen LogP contribution in [0, 0.1) is 0 Å². The van der Waals surface area contributed by atoms with Gasteiger partial charge < -0.3 is 15.2 Å². The Balaban J connectivity index is 1.91. The van der Waals surface area contributed by atoms with Gasteiger partial charge in [-0.2, -0.15) is 0 Å². The third-order valence-corrected chi connectivity index (χ3v) is 3.59. The molecule has 0 aliphatic rings. The van der Waals surface area contributed by atoms with E-state index < -0.39 is 0 Å². The average molecular weight is 306 g/mol. The lowest BCUT2D eigenvalue weighted by molar-refractivity contribution is 0.248. The highest BCUT2D eigenvalue weighted by Gasteiger charge is 2.14. The smallest absolute Gasteiger partial charge is 0.319 e. The first-order valence-corrected chi connectivity index (χ1v) is 7.59. The Morgan fingerprint density at radius 3 is 2.86 bits per heavy atom. The van der Waals surface area contributed by atoms with Crippen LogP contribution in [-0.2, 0) is 7.05 Å². The average Bonchev–Trinajstić information content (AvgIpc) is 2.87. The summed E-state index contributed by atoms with van der Waals surface area (Å²) in [5.74, 6) is 1.66. The summed E-state index contributed by atoms with van der Waals surface area (Å²) in [6, 6.07) is 3.18. The number of carbonyl (C=O) groups excluding carboxylic acids is 1. The summed E-state index contributed by atoms with van der Waals surface area (Å²) in [5, 5.41) is 14.2. The molecule has 2 aromatic heterocycles. The predicted octanol–water partition coefficient (Wildman–Crippen LogP) is 2.20. The highest BCUT2D eigenvalue weighted by Crippen LogP contribution is 2.16. The monoisotopic (exact) mass is 306 g/mol. The zero-order valence-electron chi connectivity index (χ0n) is 12.2. The Bertz CT molecular complexity index is 597. The number of anilines is 1. The van der Waals surface area contributed by atoms with Gasteiger partial charge >= 0.3 is 6.03 Å². The van der Waals surface area contributed by atoms with Gasteiger partial charge in [-0.15, -0.1) is 22.0 Å². The molecule has 0 fully saturated rings. The van der Waals surface area contributed by atoms with Crippen molar-refractivity contribution < 1.29 is 4.79 Å². The Labute approximate surface area is 127 Å². The minimum atomic E-state index is -0.303. The maximum absolute atomic E-state index is 11.9. The highest BCUT2D eigenvalue weighted by atomic mass is 32.2. The van der Waals surface area contributed by atoms with E-state index in [4.69, 9.17) is 0 Å². The summed E-state index contributed by atoms with van der Waals surface area (Å²) in [5.41, 5.74) is 0.651. The molecule has 0 aliphatic carbocycles. The highest BCUT2D eigenvalue weighted by molar-refractivity contribution is 7.99. The molecule has 2 amide bonds. The topological polar surface area (TPSA) is 84.7 Å². The van der Waals surface area contributed by atoms with Crippen molar-refractivity contribution in [1.29, 1.82) is 0 Å². The van der Waals surface area contributed by atoms with Crippen LogP contribution >= 0.6 is 11.8 Å². The number of nitrogens with one attached hydrogen (secondary N) is 2. The first-order chi connectivity index (χ1) is 10.1. The molecule has 2 rings (SSSR count). The second-order valence-corrected chi connectivity index (χ2v) is 5.72. The summed E-state index contributed by atoms with van der Waals surface area (Å²) in [7, 11) is 1.83. The van der Waals surface area contributed by atoms with Gasteiger partial charge in [-0.3, -0.25) is 0 Å². The van der Waals surface area contributed by atoms with Gasteiger partial charge in [0.05, 0.1) is 23.0 Å². The molecule has 0 bridgehead atoms. The van der Waals surface area contributed by atoms with Gasteiger partial charge in [-0.1, -0.05) is 6.92 Å². The normalized spacial score (nSPS) is 12.0. The van der Waals surface area contributed by atoms with E-state index in [0.717, 1.165) is 10.8 Å². The Kier molecular flexibility index (Phi) is 5.15. The van der Waals surface area contributed by atoms with Gasteiger partial charge in [0, 0.05) is 7.05 Å². The molecular formula is C13H18N6OS. The summed E-state index contributed by atoms with van der Waals surface area (Å²) in [6.45, 7) is 3.92. The molecule has 7 nitrogen and oxygen atoms in total. The van der Waals surface area contributed by atoms with Gasteiger partial charge in [0.2, 0.25) is 0 Å². The van der Waals surface area contributed by atoms with Crippen molar-refractivity contribution in [3.8, 4) is 0 Å². The molecule has 2 N–H and O–H groups in total. The number of amides is 2. The first-order valence-electron chi connectivity index (χ1n) is 6.60. The maximum atomic E-state index is 11.9. The van der Waals surface area contributed by atoms with Crippen molar-refractivity contribution in [2.45, 2.75) is 24.9 Å². The lowest BCUT2D eigenvalue weighted by Crippen LogP contribution is -2.32. The molecule has 0 unspecified atom stereocenters. The van der Waals surface area contributed by atoms with Crippen LogP contribution in [-0.4, -0.2) is 31.5 Å². The van der Waals surface area contributed by atoms with Crippen LogP contribution in [0.4, 0.5) is 10.5 Å². The second-order valence-electron chi connectivity index (χ2n) is 4.44. The van der Waals surface area contributed by atoms with Crippen LogP contribution in [0.5, 0.6) is 0 Å². The van der Waals surface area contributed by atoms with E-state index in [9.17, 15) is 4.79 Å². The van der Waals surface area contributed by atoms with E-state index in [1.165, 1.54) is 0 Å². The summed E-state index contributed by atoms with van der Waals surface area (Å²) in [4.78, 5) is 16.2. The summed E-state index contributed by atoms with van der Waals surface area (Å²) in [6.07, 6.45) is 3.24. The molecule has 0 aromatic carbocycles. The molecule has 0 aliphatic heterocycles. The molecular weight excluding hydrogens is 288 g/mol. The minimum Gasteiger partial charge on any atom is -0.328 e. The molecule has 21 heavy (non-hydrogen) atoms. The molecule has 112 valence electrons. The summed E-state index contributed by atoms with van der Waals surface area (Å²) < 4.78 is 1.77. The van der Waals surface area contributed by atoms with Crippen LogP contribution in [0.3, 0.4) is 0 Å². The second kappa shape index (κ2) is 7.07. The number of nitrogens with zero attached hydrogens (tertiary/aromatic N) is 4. The largest absolute Gasteiger partial charge is 0.328 e. The molecule has 1 atom stereocenters. The van der Waals surface area contributed by atoms with E-state index in [1.54, 1.807) is 28.9 Å². The van der Waals surface area contributed by atoms with Crippen molar-refractivity contribution >= 4 is 23.5 Å². The number of thioether (sulfide) groups is 1. The Morgan fingerprint density at radius 2 is 2.29 bits per heavy atom. The quantitative estimate of drug-likeness (QED) is 0.827. The van der Waals surface area contributed by atoms with Crippen LogP contribution in [0.1, 0.15) is 25.7 Å². The molecule has 2 heterocycles. The van der Waals surface area contributed by atoms with Gasteiger partial charge in [-0.05, 0) is 24.8 Å². The standard InChI is InChI=1S/C13H18N6OS/c1-4-21-11-6-5-10(7-14-11)17-13(20)16-9(2)12-18-15-8-19(12)3/h5-9H,4H2,1-3H3,(H2,16,17,20)/t9-/m1/s1. The van der Waals surface area contributed by atoms with Crippen molar-refractivity contribution in [1.82, 2.24) is 25.1 Å². The number of carbonyl (C=O) groups is 1. The molecule has 0 radical (unpaired) electrons. The fourth-order valence-electron chi connectivity index (χ4n) is 1.80. The van der Waals surface area contributed by atoms with Crippen LogP contribution in [0.2, 0.25) is 0 Å². The van der Waals surface area contributed by atoms with E-state index in [0.29, 0.717) is 11.5 Å². The predicted molar refractivity (Wildman–Crippen MR) is 82.2 cm³/mol. The van der Waals surface area contributed by atoms with Crippen molar-refractivity contribution in [2.75, 3.05) is 11.1 Å². The van der Waals surface area contributed by atoms with Crippen LogP contribution < -0.4 is 10.6 Å². The third kappa shape index (κ3) is 4.19. The van der Waals surface area contributed by atoms with Crippen molar-refractivity contribution in [2.24, 2.45) is 7.05 Å². The number of pyridine rings is 1. The van der Waals surface area contributed by atoms with E-state index >= 15 is 0 Å². The van der Waals surface area contributed by atoms with Crippen molar-refractivity contribution in [3.63, 3.8) is 0 Å². The third-order valence-electron chi connectivity index (χ3n) is 2.77. The van der Waals surface area contributed by atoms with Gasteiger partial charge in [-0.25, -0.2) is 9.78 Å². The number of aromatic nitrogens is 4. The number of hydrogen-bond donors (Lipinski definition) is 2. The Hall–Kier alpha value is -2.09.